The Morgan fingerprint density at radius 2 is 1.42 bits per heavy atom. The maximum absolute atomic E-state index is 13.0. The van der Waals surface area contributed by atoms with Gasteiger partial charge in [-0.2, -0.15) is 12.6 Å². The molecule has 16 heteroatoms. The van der Waals surface area contributed by atoms with E-state index in [0.29, 0.717) is 25.8 Å². The van der Waals surface area contributed by atoms with Crippen LogP contribution < -0.4 is 44.2 Å². The molecule has 13 N–H and O–H groups in total. The number of nitrogens with zero attached hydrogens (tertiary/aromatic N) is 2. The van der Waals surface area contributed by atoms with Gasteiger partial charge in [0.1, 0.15) is 18.1 Å². The quantitative estimate of drug-likeness (QED) is 0.0404. The Hall–Kier alpha value is -3.27. The zero-order chi connectivity index (χ0) is 27.1. The van der Waals surface area contributed by atoms with Gasteiger partial charge in [0.15, 0.2) is 11.9 Å². The van der Waals surface area contributed by atoms with Crippen molar-refractivity contribution in [2.24, 2.45) is 32.9 Å². The molecule has 0 saturated carbocycles. The number of rotatable bonds is 16. The molecule has 1 saturated heterocycles. The van der Waals surface area contributed by atoms with Gasteiger partial charge < -0.3 is 49.3 Å². The van der Waals surface area contributed by atoms with Crippen molar-refractivity contribution in [3.05, 3.63) is 0 Å². The van der Waals surface area contributed by atoms with Gasteiger partial charge in [-0.1, -0.05) is 0 Å². The first-order valence-corrected chi connectivity index (χ1v) is 12.3. The van der Waals surface area contributed by atoms with E-state index in [1.807, 2.05) is 0 Å². The van der Waals surface area contributed by atoms with Gasteiger partial charge in [-0.15, -0.1) is 0 Å². The van der Waals surface area contributed by atoms with Crippen LogP contribution in [-0.2, 0) is 19.2 Å². The molecule has 0 radical (unpaired) electrons. The largest absolute Gasteiger partial charge is 0.480 e. The molecule has 1 aliphatic rings. The van der Waals surface area contributed by atoms with Gasteiger partial charge in [0.05, 0.1) is 6.04 Å². The molecular weight excluding hydrogens is 492 g/mol. The summed E-state index contributed by atoms with van der Waals surface area (Å²) in [4.78, 5) is 57.5. The number of amides is 3. The van der Waals surface area contributed by atoms with E-state index in [2.05, 4.69) is 43.9 Å². The third-order valence-electron chi connectivity index (χ3n) is 5.33. The first kappa shape index (κ1) is 30.8. The first-order chi connectivity index (χ1) is 17.0. The lowest BCUT2D eigenvalue weighted by atomic mass is 10.1. The molecule has 1 heterocycles. The Morgan fingerprint density at radius 1 is 0.889 bits per heavy atom. The standard InChI is InChI=1S/C20H38N10O5S/c21-19(22)26-8-2-5-12(28-15(31)11-4-1-7-25-11)16(32)30-14(10-36)17(33)29-13(18(34)35)6-3-9-27-20(23)24/h11-14,25,36H,1-10H2,(H,28,31)(H,29,33)(H,30,32)(H,34,35)(H4,21,22,26)(H4,23,24,27)/t11-,12-,13-,14-/m0/s1. The van der Waals surface area contributed by atoms with Gasteiger partial charge in [0.2, 0.25) is 17.7 Å². The Kier molecular flexibility index (Phi) is 14.0. The molecule has 0 bridgehead atoms. The fraction of sp³-hybridized carbons (Fsp3) is 0.700. The minimum absolute atomic E-state index is 0.0724. The minimum atomic E-state index is -1.24. The number of carboxylic acids is 1. The zero-order valence-corrected chi connectivity index (χ0v) is 21.0. The maximum atomic E-state index is 13.0. The molecule has 0 unspecified atom stereocenters. The number of carboxylic acid groups (broad SMARTS) is 1. The summed E-state index contributed by atoms with van der Waals surface area (Å²) in [7, 11) is 0. The van der Waals surface area contributed by atoms with Crippen LogP contribution in [0.15, 0.2) is 9.98 Å². The van der Waals surface area contributed by atoms with Crippen molar-refractivity contribution in [3.63, 3.8) is 0 Å². The highest BCUT2D eigenvalue weighted by Gasteiger charge is 2.30. The van der Waals surface area contributed by atoms with Gasteiger partial charge in [0, 0.05) is 18.8 Å². The van der Waals surface area contributed by atoms with Crippen molar-refractivity contribution in [2.75, 3.05) is 25.4 Å². The van der Waals surface area contributed by atoms with E-state index in [1.54, 1.807) is 0 Å². The summed E-state index contributed by atoms with van der Waals surface area (Å²) < 4.78 is 0. The van der Waals surface area contributed by atoms with Crippen molar-refractivity contribution in [2.45, 2.75) is 62.7 Å². The average molecular weight is 531 g/mol. The predicted octanol–water partition coefficient (Wildman–Crippen LogP) is -3.69. The Balaban J connectivity index is 2.79. The number of carbonyl (C=O) groups excluding carboxylic acids is 3. The van der Waals surface area contributed by atoms with Crippen molar-refractivity contribution >= 4 is 48.2 Å². The van der Waals surface area contributed by atoms with Gasteiger partial charge in [-0.3, -0.25) is 24.4 Å². The molecule has 4 atom stereocenters. The van der Waals surface area contributed by atoms with E-state index in [0.717, 1.165) is 6.42 Å². The molecule has 0 aromatic heterocycles. The number of nitrogens with two attached hydrogens (primary N) is 4. The lowest BCUT2D eigenvalue weighted by Crippen LogP contribution is -2.57. The Labute approximate surface area is 215 Å². The summed E-state index contributed by atoms with van der Waals surface area (Å²) in [6.45, 7) is 1.16. The van der Waals surface area contributed by atoms with Crippen LogP contribution in [0.1, 0.15) is 38.5 Å². The third-order valence-corrected chi connectivity index (χ3v) is 5.70. The molecule has 1 rings (SSSR count). The molecule has 204 valence electrons. The SMILES string of the molecule is NC(N)=NCCC[C@H](NC(=O)[C@H](CS)NC(=O)[C@H](CCCN=C(N)N)NC(=O)[C@@H]1CCCN1)C(=O)O. The number of nitrogens with one attached hydrogen (secondary N) is 4. The second-order valence-corrected chi connectivity index (χ2v) is 8.62. The summed E-state index contributed by atoms with van der Waals surface area (Å²) in [5, 5.41) is 20.1. The number of hydrogen-bond acceptors (Lipinski definition) is 8. The van der Waals surface area contributed by atoms with Crippen LogP contribution >= 0.6 is 12.6 Å². The van der Waals surface area contributed by atoms with Crippen LogP contribution in [0.4, 0.5) is 0 Å². The highest BCUT2D eigenvalue weighted by Crippen LogP contribution is 2.07. The lowest BCUT2D eigenvalue weighted by Gasteiger charge is -2.24. The number of aliphatic carboxylic acids is 1. The fourth-order valence-corrected chi connectivity index (χ4v) is 3.71. The highest BCUT2D eigenvalue weighted by molar-refractivity contribution is 7.80. The first-order valence-electron chi connectivity index (χ1n) is 11.6. The molecule has 0 aromatic carbocycles. The van der Waals surface area contributed by atoms with Crippen LogP contribution in [0.3, 0.4) is 0 Å². The van der Waals surface area contributed by atoms with Gasteiger partial charge >= 0.3 is 5.97 Å². The Morgan fingerprint density at radius 3 is 1.89 bits per heavy atom. The Bertz CT molecular complexity index is 811. The highest BCUT2D eigenvalue weighted by atomic mass is 32.1. The normalized spacial score (nSPS) is 17.2. The van der Waals surface area contributed by atoms with E-state index in [9.17, 15) is 24.3 Å². The molecule has 15 nitrogen and oxygen atoms in total. The van der Waals surface area contributed by atoms with Gasteiger partial charge in [-0.25, -0.2) is 4.79 Å². The molecule has 3 amide bonds. The van der Waals surface area contributed by atoms with Crippen LogP contribution in [0, 0.1) is 0 Å². The third kappa shape index (κ3) is 11.9. The second kappa shape index (κ2) is 16.4. The number of aliphatic imine (C=N–C) groups is 2. The predicted molar refractivity (Wildman–Crippen MR) is 138 cm³/mol. The van der Waals surface area contributed by atoms with Crippen LogP contribution in [-0.4, -0.2) is 90.3 Å². The summed E-state index contributed by atoms with van der Waals surface area (Å²) in [6.07, 6.45) is 2.48. The number of carbonyl (C=O) groups is 4. The lowest BCUT2D eigenvalue weighted by molar-refractivity contribution is -0.142. The number of hydrogen-bond donors (Lipinski definition) is 10. The molecule has 36 heavy (non-hydrogen) atoms. The zero-order valence-electron chi connectivity index (χ0n) is 20.1. The van der Waals surface area contributed by atoms with Crippen molar-refractivity contribution in [1.82, 2.24) is 21.3 Å². The van der Waals surface area contributed by atoms with Crippen molar-refractivity contribution in [1.29, 1.82) is 0 Å². The van der Waals surface area contributed by atoms with Crippen molar-refractivity contribution in [3.8, 4) is 0 Å². The summed E-state index contributed by atoms with van der Waals surface area (Å²) in [5.74, 6) is -3.22. The average Bonchev–Trinajstić information content (AvgIpc) is 3.35. The van der Waals surface area contributed by atoms with Gasteiger partial charge in [-0.05, 0) is 45.1 Å². The molecule has 1 aliphatic heterocycles. The van der Waals surface area contributed by atoms with Crippen LogP contribution in [0.2, 0.25) is 0 Å². The minimum Gasteiger partial charge on any atom is -0.480 e. The molecular formula is C20H38N10O5S. The number of thiol groups is 1. The van der Waals surface area contributed by atoms with Gasteiger partial charge in [0.25, 0.3) is 0 Å². The molecule has 0 aromatic rings. The van der Waals surface area contributed by atoms with E-state index < -0.39 is 42.0 Å². The van der Waals surface area contributed by atoms with E-state index in [1.165, 1.54) is 0 Å². The summed E-state index contributed by atoms with van der Waals surface area (Å²) in [6, 6.07) is -3.71. The van der Waals surface area contributed by atoms with E-state index >= 15 is 0 Å². The summed E-state index contributed by atoms with van der Waals surface area (Å²) >= 11 is 4.12. The maximum Gasteiger partial charge on any atom is 0.326 e. The topological polar surface area (TPSA) is 265 Å². The van der Waals surface area contributed by atoms with Crippen LogP contribution in [0.5, 0.6) is 0 Å². The monoisotopic (exact) mass is 530 g/mol. The van der Waals surface area contributed by atoms with Crippen molar-refractivity contribution < 1.29 is 24.3 Å². The molecule has 1 fully saturated rings. The smallest absolute Gasteiger partial charge is 0.326 e. The molecule has 0 spiro atoms. The second-order valence-electron chi connectivity index (χ2n) is 8.25. The van der Waals surface area contributed by atoms with Crippen LogP contribution in [0.25, 0.3) is 0 Å². The molecule has 0 aliphatic carbocycles. The van der Waals surface area contributed by atoms with E-state index in [4.69, 9.17) is 22.9 Å². The summed E-state index contributed by atoms with van der Waals surface area (Å²) in [5.41, 5.74) is 21.1. The fourth-order valence-electron chi connectivity index (χ4n) is 3.45. The van der Waals surface area contributed by atoms with E-state index in [-0.39, 0.29) is 49.5 Å². The number of guanidine groups is 2.